The van der Waals surface area contributed by atoms with E-state index in [1.807, 2.05) is 0 Å². The molecule has 0 amide bonds. The standard InChI is InChI=1S/C12H22O3/c13-12(4-1-6-14-9-5-12)10-11-2-7-15-8-3-11/h11,13H,1-10H2. The van der Waals surface area contributed by atoms with Gasteiger partial charge in [0.05, 0.1) is 5.60 Å². The van der Waals surface area contributed by atoms with Gasteiger partial charge in [-0.2, -0.15) is 0 Å². The van der Waals surface area contributed by atoms with Gasteiger partial charge in [0.1, 0.15) is 0 Å². The molecule has 2 fully saturated rings. The Balaban J connectivity index is 1.83. The second-order valence-electron chi connectivity index (χ2n) is 4.95. The van der Waals surface area contributed by atoms with E-state index in [2.05, 4.69) is 0 Å². The molecular formula is C12H22O3. The van der Waals surface area contributed by atoms with Gasteiger partial charge in [-0.1, -0.05) is 0 Å². The zero-order valence-corrected chi connectivity index (χ0v) is 9.41. The van der Waals surface area contributed by atoms with E-state index in [-0.39, 0.29) is 0 Å². The Bertz CT molecular complexity index is 179. The van der Waals surface area contributed by atoms with Gasteiger partial charge in [-0.15, -0.1) is 0 Å². The van der Waals surface area contributed by atoms with Gasteiger partial charge >= 0.3 is 0 Å². The first kappa shape index (κ1) is 11.4. The van der Waals surface area contributed by atoms with Crippen molar-refractivity contribution in [2.24, 2.45) is 5.92 Å². The van der Waals surface area contributed by atoms with Crippen molar-refractivity contribution < 1.29 is 14.6 Å². The van der Waals surface area contributed by atoms with Crippen molar-refractivity contribution in [2.75, 3.05) is 26.4 Å². The summed E-state index contributed by atoms with van der Waals surface area (Å²) in [6.07, 6.45) is 5.89. The maximum atomic E-state index is 10.5. The lowest BCUT2D eigenvalue weighted by atomic mass is 9.82. The molecule has 2 aliphatic rings. The Morgan fingerprint density at radius 3 is 2.53 bits per heavy atom. The van der Waals surface area contributed by atoms with E-state index in [0.717, 1.165) is 65.0 Å². The monoisotopic (exact) mass is 214 g/mol. The Hall–Kier alpha value is -0.120. The van der Waals surface area contributed by atoms with E-state index in [1.165, 1.54) is 0 Å². The molecule has 2 rings (SSSR count). The third-order valence-corrected chi connectivity index (χ3v) is 3.65. The van der Waals surface area contributed by atoms with E-state index < -0.39 is 5.60 Å². The van der Waals surface area contributed by atoms with Crippen molar-refractivity contribution in [1.82, 2.24) is 0 Å². The zero-order chi connectivity index (χ0) is 10.6. The predicted octanol–water partition coefficient (Wildman–Crippen LogP) is 1.73. The van der Waals surface area contributed by atoms with Crippen LogP contribution in [0.25, 0.3) is 0 Å². The van der Waals surface area contributed by atoms with Crippen LogP contribution >= 0.6 is 0 Å². The molecule has 15 heavy (non-hydrogen) atoms. The van der Waals surface area contributed by atoms with Crippen LogP contribution in [0.4, 0.5) is 0 Å². The Labute approximate surface area is 91.8 Å². The maximum absolute atomic E-state index is 10.5. The molecule has 0 aromatic heterocycles. The molecule has 0 spiro atoms. The normalized spacial score (nSPS) is 35.0. The summed E-state index contributed by atoms with van der Waals surface area (Å²) in [6.45, 7) is 3.28. The molecular weight excluding hydrogens is 192 g/mol. The van der Waals surface area contributed by atoms with Crippen LogP contribution in [0.15, 0.2) is 0 Å². The summed E-state index contributed by atoms with van der Waals surface area (Å²) in [7, 11) is 0. The summed E-state index contributed by atoms with van der Waals surface area (Å²) < 4.78 is 10.7. The average molecular weight is 214 g/mol. The van der Waals surface area contributed by atoms with Crippen molar-refractivity contribution in [1.29, 1.82) is 0 Å². The smallest absolute Gasteiger partial charge is 0.0673 e. The molecule has 2 saturated heterocycles. The van der Waals surface area contributed by atoms with E-state index in [1.54, 1.807) is 0 Å². The van der Waals surface area contributed by atoms with Gasteiger partial charge in [0.2, 0.25) is 0 Å². The predicted molar refractivity (Wildman–Crippen MR) is 57.8 cm³/mol. The minimum absolute atomic E-state index is 0.460. The highest BCUT2D eigenvalue weighted by atomic mass is 16.5. The third-order valence-electron chi connectivity index (χ3n) is 3.65. The van der Waals surface area contributed by atoms with Crippen LogP contribution in [0, 0.1) is 5.92 Å². The van der Waals surface area contributed by atoms with Crippen molar-refractivity contribution >= 4 is 0 Å². The van der Waals surface area contributed by atoms with Crippen LogP contribution < -0.4 is 0 Å². The van der Waals surface area contributed by atoms with E-state index in [0.29, 0.717) is 5.92 Å². The van der Waals surface area contributed by atoms with Crippen LogP contribution in [-0.2, 0) is 9.47 Å². The highest BCUT2D eigenvalue weighted by Gasteiger charge is 2.31. The van der Waals surface area contributed by atoms with Crippen molar-refractivity contribution in [3.8, 4) is 0 Å². The molecule has 0 aliphatic carbocycles. The maximum Gasteiger partial charge on any atom is 0.0673 e. The fraction of sp³-hybridized carbons (Fsp3) is 1.00. The van der Waals surface area contributed by atoms with Gasteiger partial charge in [0.25, 0.3) is 0 Å². The number of ether oxygens (including phenoxy) is 2. The summed E-state index contributed by atoms with van der Waals surface area (Å²) in [5.74, 6) is 0.654. The topological polar surface area (TPSA) is 38.7 Å². The SMILES string of the molecule is OC1(CC2CCOCC2)CCCOCC1. The second kappa shape index (κ2) is 5.28. The first-order valence-corrected chi connectivity index (χ1v) is 6.16. The summed E-state index contributed by atoms with van der Waals surface area (Å²) in [4.78, 5) is 0. The zero-order valence-electron chi connectivity index (χ0n) is 9.41. The highest BCUT2D eigenvalue weighted by molar-refractivity contribution is 4.83. The second-order valence-corrected chi connectivity index (χ2v) is 4.95. The number of aliphatic hydroxyl groups is 1. The molecule has 0 radical (unpaired) electrons. The molecule has 2 heterocycles. The molecule has 1 N–H and O–H groups in total. The number of hydrogen-bond acceptors (Lipinski definition) is 3. The molecule has 3 nitrogen and oxygen atoms in total. The summed E-state index contributed by atoms with van der Waals surface area (Å²) in [6, 6.07) is 0. The van der Waals surface area contributed by atoms with Crippen LogP contribution in [0.5, 0.6) is 0 Å². The Kier molecular flexibility index (Phi) is 4.00. The van der Waals surface area contributed by atoms with Crippen LogP contribution in [0.1, 0.15) is 38.5 Å². The lowest BCUT2D eigenvalue weighted by Crippen LogP contribution is -2.33. The van der Waals surface area contributed by atoms with Gasteiger partial charge in [-0.25, -0.2) is 0 Å². The summed E-state index contributed by atoms with van der Waals surface area (Å²) >= 11 is 0. The molecule has 1 unspecified atom stereocenters. The van der Waals surface area contributed by atoms with Gasteiger partial charge in [-0.05, 0) is 44.4 Å². The highest BCUT2D eigenvalue weighted by Crippen LogP contribution is 2.32. The lowest BCUT2D eigenvalue weighted by molar-refractivity contribution is -0.0245. The minimum Gasteiger partial charge on any atom is -0.390 e. The molecule has 0 bridgehead atoms. The van der Waals surface area contributed by atoms with Crippen LogP contribution in [-0.4, -0.2) is 37.1 Å². The Morgan fingerprint density at radius 2 is 1.73 bits per heavy atom. The number of rotatable bonds is 2. The number of hydrogen-bond donors (Lipinski definition) is 1. The van der Waals surface area contributed by atoms with Crippen molar-refractivity contribution in [2.45, 2.75) is 44.1 Å². The van der Waals surface area contributed by atoms with Gasteiger partial charge in [-0.3, -0.25) is 0 Å². The largest absolute Gasteiger partial charge is 0.390 e. The van der Waals surface area contributed by atoms with Crippen molar-refractivity contribution in [3.63, 3.8) is 0 Å². The molecule has 1 atom stereocenters. The lowest BCUT2D eigenvalue weighted by Gasteiger charge is -2.32. The van der Waals surface area contributed by atoms with Crippen LogP contribution in [0.2, 0.25) is 0 Å². The minimum atomic E-state index is -0.460. The molecule has 0 aromatic carbocycles. The Morgan fingerprint density at radius 1 is 1.00 bits per heavy atom. The van der Waals surface area contributed by atoms with E-state index in [4.69, 9.17) is 9.47 Å². The third kappa shape index (κ3) is 3.44. The quantitative estimate of drug-likeness (QED) is 0.761. The average Bonchev–Trinajstić information content (AvgIpc) is 2.45. The molecule has 2 aliphatic heterocycles. The van der Waals surface area contributed by atoms with Gasteiger partial charge < -0.3 is 14.6 Å². The van der Waals surface area contributed by atoms with Crippen LogP contribution in [0.3, 0.4) is 0 Å². The van der Waals surface area contributed by atoms with Gasteiger partial charge in [0, 0.05) is 26.4 Å². The van der Waals surface area contributed by atoms with Crippen molar-refractivity contribution in [3.05, 3.63) is 0 Å². The summed E-state index contributed by atoms with van der Waals surface area (Å²) in [5, 5.41) is 10.5. The fourth-order valence-electron chi connectivity index (χ4n) is 2.68. The molecule has 88 valence electrons. The summed E-state index contributed by atoms with van der Waals surface area (Å²) in [5.41, 5.74) is -0.460. The first-order valence-electron chi connectivity index (χ1n) is 6.16. The van der Waals surface area contributed by atoms with E-state index >= 15 is 0 Å². The molecule has 3 heteroatoms. The first-order chi connectivity index (χ1) is 7.29. The molecule has 0 aromatic rings. The molecule has 0 saturated carbocycles. The van der Waals surface area contributed by atoms with Gasteiger partial charge in [0.15, 0.2) is 0 Å². The fourth-order valence-corrected chi connectivity index (χ4v) is 2.68. The van der Waals surface area contributed by atoms with E-state index in [9.17, 15) is 5.11 Å².